The molecule has 0 amide bonds. The number of aromatic nitrogens is 2. The number of benzene rings is 3. The number of thioether (sulfide) groups is 1. The lowest BCUT2D eigenvalue weighted by Crippen LogP contribution is -2.10. The third-order valence-corrected chi connectivity index (χ3v) is 6.58. The molecule has 8 heteroatoms. The minimum atomic E-state index is -0.549. The summed E-state index contributed by atoms with van der Waals surface area (Å²) in [5.41, 5.74) is 4.29. The van der Waals surface area contributed by atoms with Gasteiger partial charge in [0.05, 0.1) is 21.3 Å². The van der Waals surface area contributed by atoms with E-state index in [0.717, 1.165) is 16.7 Å². The molecule has 3 aromatic carbocycles. The van der Waals surface area contributed by atoms with Crippen LogP contribution in [0.2, 0.25) is 0 Å². The zero-order chi connectivity index (χ0) is 24.9. The molecule has 0 spiro atoms. The molecular weight excluding hydrogens is 464 g/mol. The Bertz CT molecular complexity index is 1290. The smallest absolute Gasteiger partial charge is 0.277 e. The number of rotatable bonds is 9. The van der Waals surface area contributed by atoms with Gasteiger partial charge < -0.3 is 18.6 Å². The van der Waals surface area contributed by atoms with Gasteiger partial charge in [0.1, 0.15) is 5.25 Å². The highest BCUT2D eigenvalue weighted by atomic mass is 32.2. The fourth-order valence-corrected chi connectivity index (χ4v) is 4.52. The Kier molecular flexibility index (Phi) is 7.41. The van der Waals surface area contributed by atoms with E-state index in [2.05, 4.69) is 10.2 Å². The van der Waals surface area contributed by atoms with Gasteiger partial charge in [-0.25, -0.2) is 0 Å². The summed E-state index contributed by atoms with van der Waals surface area (Å²) in [6, 6.07) is 18.9. The number of Topliss-reactive ketones (excluding diaryl/α,β-unsaturated/α-hetero) is 1. The first-order valence-electron chi connectivity index (χ1n) is 10.9. The molecule has 0 aliphatic carbocycles. The van der Waals surface area contributed by atoms with Crippen molar-refractivity contribution in [1.29, 1.82) is 0 Å². The second-order valence-electron chi connectivity index (χ2n) is 7.93. The van der Waals surface area contributed by atoms with Crippen molar-refractivity contribution in [3.05, 3.63) is 82.9 Å². The van der Waals surface area contributed by atoms with Crippen LogP contribution in [0.5, 0.6) is 17.2 Å². The number of hydrogen-bond acceptors (Lipinski definition) is 8. The van der Waals surface area contributed by atoms with Crippen LogP contribution in [-0.4, -0.2) is 37.3 Å². The van der Waals surface area contributed by atoms with Gasteiger partial charge in [-0.15, -0.1) is 10.2 Å². The van der Waals surface area contributed by atoms with Crippen LogP contribution in [-0.2, 0) is 0 Å². The predicted molar refractivity (Wildman–Crippen MR) is 135 cm³/mol. The minimum absolute atomic E-state index is 0.0358. The number of carbonyl (C=O) groups excluding carboxylic acids is 1. The Hall–Kier alpha value is -3.78. The van der Waals surface area contributed by atoms with Gasteiger partial charge in [0, 0.05) is 11.1 Å². The van der Waals surface area contributed by atoms with Crippen LogP contribution in [0.25, 0.3) is 11.5 Å². The fraction of sp³-hybridized carbons (Fsp3) is 0.222. The normalized spacial score (nSPS) is 11.7. The molecule has 1 aromatic heterocycles. The standard InChI is InChI=1S/C27H26N2O5S/c1-16-6-10-18(11-7-16)23(30)25(19-12-8-17(2)9-13-19)35-27-29-28-26(34-27)20-14-21(31-3)24(33-5)22(15-20)32-4/h6-15,25H,1-5H3. The molecule has 1 heterocycles. The van der Waals surface area contributed by atoms with E-state index in [1.165, 1.54) is 18.9 Å². The minimum Gasteiger partial charge on any atom is -0.493 e. The SMILES string of the molecule is COc1cc(-c2nnc(SC(C(=O)c3ccc(C)cc3)c3ccc(C)cc3)o2)cc(OC)c1OC. The summed E-state index contributed by atoms with van der Waals surface area (Å²) < 4.78 is 22.2. The van der Waals surface area contributed by atoms with Crippen molar-refractivity contribution in [2.45, 2.75) is 24.3 Å². The lowest BCUT2D eigenvalue weighted by molar-refractivity contribution is 0.0989. The Morgan fingerprint density at radius 2 is 1.40 bits per heavy atom. The quantitative estimate of drug-likeness (QED) is 0.206. The summed E-state index contributed by atoms with van der Waals surface area (Å²) >= 11 is 1.22. The molecule has 4 aromatic rings. The maximum atomic E-state index is 13.5. The van der Waals surface area contributed by atoms with Crippen molar-refractivity contribution < 1.29 is 23.4 Å². The van der Waals surface area contributed by atoms with Crippen LogP contribution in [0, 0.1) is 13.8 Å². The molecule has 0 aliphatic heterocycles. The Morgan fingerprint density at radius 1 is 0.829 bits per heavy atom. The Morgan fingerprint density at radius 3 is 1.94 bits per heavy atom. The molecule has 0 saturated carbocycles. The van der Waals surface area contributed by atoms with E-state index in [0.29, 0.717) is 28.4 Å². The van der Waals surface area contributed by atoms with Crippen LogP contribution in [0.1, 0.15) is 32.3 Å². The first-order chi connectivity index (χ1) is 16.9. The molecule has 4 rings (SSSR count). The summed E-state index contributed by atoms with van der Waals surface area (Å²) in [7, 11) is 4.62. The fourth-order valence-electron chi connectivity index (χ4n) is 3.56. The van der Waals surface area contributed by atoms with Crippen LogP contribution >= 0.6 is 11.8 Å². The largest absolute Gasteiger partial charge is 0.493 e. The number of ketones is 1. The molecule has 0 radical (unpaired) electrons. The van der Waals surface area contributed by atoms with Crippen LogP contribution in [0.4, 0.5) is 0 Å². The highest BCUT2D eigenvalue weighted by Crippen LogP contribution is 2.42. The average molecular weight is 491 g/mol. The first kappa shape index (κ1) is 24.3. The van der Waals surface area contributed by atoms with E-state index in [9.17, 15) is 4.79 Å². The maximum absolute atomic E-state index is 13.5. The highest BCUT2D eigenvalue weighted by Gasteiger charge is 2.26. The molecule has 180 valence electrons. The molecule has 7 nitrogen and oxygen atoms in total. The third kappa shape index (κ3) is 5.33. The molecular formula is C27H26N2O5S. The van der Waals surface area contributed by atoms with E-state index < -0.39 is 5.25 Å². The third-order valence-electron chi connectivity index (χ3n) is 5.49. The van der Waals surface area contributed by atoms with E-state index in [1.807, 2.05) is 62.4 Å². The maximum Gasteiger partial charge on any atom is 0.277 e. The highest BCUT2D eigenvalue weighted by molar-refractivity contribution is 8.00. The van der Waals surface area contributed by atoms with Crippen molar-refractivity contribution in [2.75, 3.05) is 21.3 Å². The van der Waals surface area contributed by atoms with Crippen LogP contribution in [0.3, 0.4) is 0 Å². The number of hydrogen-bond donors (Lipinski definition) is 0. The predicted octanol–water partition coefficient (Wildman–Crippen LogP) is 6.10. The number of carbonyl (C=O) groups is 1. The van der Waals surface area contributed by atoms with Crippen LogP contribution in [0.15, 0.2) is 70.3 Å². The Balaban J connectivity index is 1.67. The number of methoxy groups -OCH3 is 3. The lowest BCUT2D eigenvalue weighted by Gasteiger charge is -2.15. The molecule has 35 heavy (non-hydrogen) atoms. The zero-order valence-electron chi connectivity index (χ0n) is 20.2. The van der Waals surface area contributed by atoms with Gasteiger partial charge in [0.15, 0.2) is 17.3 Å². The molecule has 0 bridgehead atoms. The summed E-state index contributed by atoms with van der Waals surface area (Å²) in [5, 5.41) is 8.13. The molecule has 0 saturated heterocycles. The second-order valence-corrected chi connectivity index (χ2v) is 8.98. The molecule has 0 N–H and O–H groups in total. The Labute approximate surface area is 208 Å². The monoisotopic (exact) mass is 490 g/mol. The van der Waals surface area contributed by atoms with Gasteiger partial charge in [0.25, 0.3) is 5.22 Å². The van der Waals surface area contributed by atoms with Crippen molar-refractivity contribution >= 4 is 17.5 Å². The van der Waals surface area contributed by atoms with Gasteiger partial charge >= 0.3 is 0 Å². The first-order valence-corrected chi connectivity index (χ1v) is 11.8. The van der Waals surface area contributed by atoms with Gasteiger partial charge in [0.2, 0.25) is 11.6 Å². The molecule has 1 atom stereocenters. The number of aryl methyl sites for hydroxylation is 2. The van der Waals surface area contributed by atoms with Crippen molar-refractivity contribution in [1.82, 2.24) is 10.2 Å². The van der Waals surface area contributed by atoms with Gasteiger partial charge in [-0.2, -0.15) is 0 Å². The van der Waals surface area contributed by atoms with Gasteiger partial charge in [-0.1, -0.05) is 59.7 Å². The summed E-state index contributed by atoms with van der Waals surface area (Å²) in [5.74, 6) is 1.65. The van der Waals surface area contributed by atoms with Crippen molar-refractivity contribution in [3.63, 3.8) is 0 Å². The zero-order valence-corrected chi connectivity index (χ0v) is 21.0. The van der Waals surface area contributed by atoms with E-state index >= 15 is 0 Å². The van der Waals surface area contributed by atoms with E-state index in [1.54, 1.807) is 26.4 Å². The average Bonchev–Trinajstić information content (AvgIpc) is 3.35. The number of nitrogens with zero attached hydrogens (tertiary/aromatic N) is 2. The molecule has 1 unspecified atom stereocenters. The lowest BCUT2D eigenvalue weighted by atomic mass is 10.0. The van der Waals surface area contributed by atoms with E-state index in [-0.39, 0.29) is 16.9 Å². The van der Waals surface area contributed by atoms with E-state index in [4.69, 9.17) is 18.6 Å². The second kappa shape index (κ2) is 10.7. The number of ether oxygens (including phenoxy) is 3. The summed E-state index contributed by atoms with van der Waals surface area (Å²) in [6.07, 6.45) is 0. The molecule has 0 aliphatic rings. The molecule has 0 fully saturated rings. The topological polar surface area (TPSA) is 83.7 Å². The van der Waals surface area contributed by atoms with Gasteiger partial charge in [-0.05, 0) is 43.3 Å². The summed E-state index contributed by atoms with van der Waals surface area (Å²) in [6.45, 7) is 4.00. The van der Waals surface area contributed by atoms with Crippen molar-refractivity contribution in [2.24, 2.45) is 0 Å². The van der Waals surface area contributed by atoms with Gasteiger partial charge in [-0.3, -0.25) is 4.79 Å². The van der Waals surface area contributed by atoms with Crippen LogP contribution < -0.4 is 14.2 Å². The summed E-state index contributed by atoms with van der Waals surface area (Å²) in [4.78, 5) is 13.5. The van der Waals surface area contributed by atoms with Crippen molar-refractivity contribution in [3.8, 4) is 28.7 Å².